The predicted molar refractivity (Wildman–Crippen MR) is 248 cm³/mol. The Labute approximate surface area is 380 Å². The molecular formula is C53H54N6O6. The van der Waals surface area contributed by atoms with Gasteiger partial charge in [-0.05, 0) is 114 Å². The number of aromatic nitrogens is 2. The van der Waals surface area contributed by atoms with Gasteiger partial charge < -0.3 is 33.9 Å². The van der Waals surface area contributed by atoms with E-state index in [-0.39, 0.29) is 18.3 Å². The van der Waals surface area contributed by atoms with Crippen molar-refractivity contribution in [3.05, 3.63) is 129 Å². The zero-order chi connectivity index (χ0) is 44.9. The van der Waals surface area contributed by atoms with Gasteiger partial charge in [-0.15, -0.1) is 0 Å². The number of amides is 1. The topological polar surface area (TPSA) is 152 Å². The van der Waals surface area contributed by atoms with Crippen molar-refractivity contribution in [2.75, 3.05) is 52.6 Å². The van der Waals surface area contributed by atoms with E-state index in [1.165, 1.54) is 11.1 Å². The van der Waals surface area contributed by atoms with Gasteiger partial charge in [0.1, 0.15) is 41.4 Å². The van der Waals surface area contributed by atoms with E-state index in [4.69, 9.17) is 23.7 Å². The molecule has 6 aliphatic rings. The van der Waals surface area contributed by atoms with Crippen molar-refractivity contribution in [2.45, 2.75) is 77.1 Å². The zero-order valence-electron chi connectivity index (χ0n) is 37.3. The van der Waals surface area contributed by atoms with Crippen LogP contribution in [0.5, 0.6) is 11.5 Å². The molecule has 0 atom stereocenters. The average Bonchev–Trinajstić information content (AvgIpc) is 4.16. The molecule has 2 aromatic heterocycles. The summed E-state index contributed by atoms with van der Waals surface area (Å²) >= 11 is 0. The Hall–Kier alpha value is -6.57. The van der Waals surface area contributed by atoms with Gasteiger partial charge in [0.15, 0.2) is 0 Å². The third-order valence-corrected chi connectivity index (χ3v) is 12.4. The average molecular weight is 871 g/mol. The number of fused-ring (bicyclic) bond motifs is 2. The molecule has 0 saturated carbocycles. The molecular weight excluding hydrogens is 817 g/mol. The van der Waals surface area contributed by atoms with Crippen molar-refractivity contribution < 1.29 is 28.5 Å². The molecule has 6 heterocycles. The van der Waals surface area contributed by atoms with Crippen molar-refractivity contribution in [1.82, 2.24) is 20.2 Å². The van der Waals surface area contributed by atoms with Crippen LogP contribution in [0.25, 0.3) is 34.4 Å². The van der Waals surface area contributed by atoms with Crippen LogP contribution in [0.1, 0.15) is 80.1 Å². The lowest BCUT2D eigenvalue weighted by molar-refractivity contribution is 0.0252. The van der Waals surface area contributed by atoms with E-state index in [0.717, 1.165) is 101 Å². The summed E-state index contributed by atoms with van der Waals surface area (Å²) in [6.07, 6.45) is 17.3. The number of nitrogens with zero attached hydrogens (tertiary/aromatic N) is 5. The summed E-state index contributed by atoms with van der Waals surface area (Å²) in [6.45, 7) is 11.4. The van der Waals surface area contributed by atoms with E-state index in [2.05, 4.69) is 51.7 Å². The highest BCUT2D eigenvalue weighted by atomic mass is 16.6. The van der Waals surface area contributed by atoms with E-state index in [0.29, 0.717) is 68.6 Å². The highest BCUT2D eigenvalue weighted by Gasteiger charge is 2.29. The molecule has 332 valence electrons. The minimum Gasteiger partial charge on any atom is -0.489 e. The lowest BCUT2D eigenvalue weighted by atomic mass is 9.98. The van der Waals surface area contributed by atoms with Crippen LogP contribution in [0, 0.1) is 22.7 Å². The first kappa shape index (κ1) is 43.7. The van der Waals surface area contributed by atoms with Crippen LogP contribution in [0.15, 0.2) is 95.4 Å². The van der Waals surface area contributed by atoms with Gasteiger partial charge in [-0.1, -0.05) is 24.3 Å². The number of pyridine rings is 2. The number of carbonyl (C=O) groups excluding carboxylic acids is 1. The summed E-state index contributed by atoms with van der Waals surface area (Å²) in [5.74, 6) is 1.28. The number of rotatable bonds is 8. The number of hydrogen-bond acceptors (Lipinski definition) is 11. The largest absolute Gasteiger partial charge is 0.489 e. The van der Waals surface area contributed by atoms with E-state index in [1.54, 1.807) is 4.90 Å². The summed E-state index contributed by atoms with van der Waals surface area (Å²) in [6, 6.07) is 20.4. The van der Waals surface area contributed by atoms with Gasteiger partial charge in [0, 0.05) is 88.2 Å². The fourth-order valence-corrected chi connectivity index (χ4v) is 9.06. The minimum absolute atomic E-state index is 0.0762. The molecule has 0 unspecified atom stereocenters. The number of hydrogen-bond donors (Lipinski definition) is 1. The van der Waals surface area contributed by atoms with Crippen molar-refractivity contribution >= 4 is 18.2 Å². The predicted octanol–water partition coefficient (Wildman–Crippen LogP) is 8.94. The molecule has 1 amide bonds. The minimum atomic E-state index is -0.519. The summed E-state index contributed by atoms with van der Waals surface area (Å²) < 4.78 is 28.6. The van der Waals surface area contributed by atoms with Crippen LogP contribution in [-0.4, -0.2) is 91.4 Å². The third-order valence-electron chi connectivity index (χ3n) is 12.4. The summed E-state index contributed by atoms with van der Waals surface area (Å²) in [5, 5.41) is 22.9. The highest BCUT2D eigenvalue weighted by Crippen LogP contribution is 2.39. The first-order chi connectivity index (χ1) is 31.6. The Morgan fingerprint density at radius 1 is 0.723 bits per heavy atom. The van der Waals surface area contributed by atoms with Crippen molar-refractivity contribution in [3.63, 3.8) is 0 Å². The first-order valence-corrected chi connectivity index (χ1v) is 22.6. The van der Waals surface area contributed by atoms with Crippen LogP contribution in [-0.2, 0) is 27.1 Å². The molecule has 1 N–H and O–H groups in total. The van der Waals surface area contributed by atoms with E-state index >= 15 is 0 Å². The molecule has 4 aromatic rings. The quantitative estimate of drug-likeness (QED) is 0.181. The van der Waals surface area contributed by atoms with Crippen LogP contribution >= 0.6 is 0 Å². The fourth-order valence-electron chi connectivity index (χ4n) is 9.06. The smallest absolute Gasteiger partial charge is 0.410 e. The highest BCUT2D eigenvalue weighted by molar-refractivity contribution is 5.84. The van der Waals surface area contributed by atoms with Gasteiger partial charge in [-0.25, -0.2) is 4.79 Å². The fraction of sp³-hybridized carbons (Fsp3) is 0.377. The lowest BCUT2D eigenvalue weighted by Crippen LogP contribution is -2.35. The van der Waals surface area contributed by atoms with Gasteiger partial charge in [-0.3, -0.25) is 9.97 Å². The summed E-state index contributed by atoms with van der Waals surface area (Å²) in [7, 11) is 0. The van der Waals surface area contributed by atoms with E-state index in [1.807, 2.05) is 81.7 Å². The van der Waals surface area contributed by atoms with Crippen LogP contribution in [0.4, 0.5) is 4.79 Å². The van der Waals surface area contributed by atoms with Gasteiger partial charge in [-0.2, -0.15) is 10.5 Å². The number of carbonyl (C=O) groups is 1. The molecule has 0 bridgehead atoms. The Morgan fingerprint density at radius 2 is 1.25 bits per heavy atom. The maximum atomic E-state index is 12.5. The molecule has 4 aliphatic heterocycles. The number of ether oxygens (including phenoxy) is 5. The Kier molecular flexibility index (Phi) is 12.9. The van der Waals surface area contributed by atoms with Crippen LogP contribution < -0.4 is 14.8 Å². The van der Waals surface area contributed by atoms with Gasteiger partial charge in [0.05, 0.1) is 48.9 Å². The van der Waals surface area contributed by atoms with Gasteiger partial charge in [0.2, 0.25) is 0 Å². The molecule has 10 rings (SSSR count). The Bertz CT molecular complexity index is 2690. The van der Waals surface area contributed by atoms with Crippen LogP contribution in [0.2, 0.25) is 0 Å². The summed E-state index contributed by atoms with van der Waals surface area (Å²) in [5.41, 5.74) is 14.0. The summed E-state index contributed by atoms with van der Waals surface area (Å²) in [4.78, 5) is 23.4. The second-order valence-corrected chi connectivity index (χ2v) is 18.1. The zero-order valence-corrected chi connectivity index (χ0v) is 37.3. The van der Waals surface area contributed by atoms with Crippen LogP contribution in [0.3, 0.4) is 0 Å². The van der Waals surface area contributed by atoms with Crippen molar-refractivity contribution in [1.29, 1.82) is 10.5 Å². The molecule has 0 spiro atoms. The molecule has 2 aliphatic carbocycles. The molecule has 0 radical (unpaired) electrons. The second-order valence-electron chi connectivity index (χ2n) is 18.1. The monoisotopic (exact) mass is 870 g/mol. The number of benzene rings is 2. The van der Waals surface area contributed by atoms with E-state index < -0.39 is 5.60 Å². The molecule has 12 nitrogen and oxygen atoms in total. The lowest BCUT2D eigenvalue weighted by Gasteiger charge is -2.24. The Morgan fingerprint density at radius 3 is 1.72 bits per heavy atom. The normalized spacial score (nSPS) is 18.2. The van der Waals surface area contributed by atoms with E-state index in [9.17, 15) is 15.3 Å². The van der Waals surface area contributed by atoms with Gasteiger partial charge in [0.25, 0.3) is 0 Å². The molecule has 65 heavy (non-hydrogen) atoms. The maximum Gasteiger partial charge on any atom is 0.410 e. The van der Waals surface area contributed by atoms with Crippen molar-refractivity contribution in [3.8, 4) is 45.9 Å². The SMILES string of the molecule is CC(C)(C)OC(=O)N1CC=C(C2=Cc3c(-c4ccc(OC5CCOCC5)c(C#N)c4)ccnc3C2)C1.N#Cc1cc(-c2ccnc3c2C=C(C2=CCNC2)C3)ccc1OC1CCOCC1. The number of nitriles is 2. The second kappa shape index (κ2) is 19.3. The standard InChI is InChI=1S/C29H31N3O4.C24H23N3O2/c1-29(2,3)36-28(33)32-11-7-20(18-32)21-15-25-24(6-10-31-26(25)16-21)19-4-5-27(22(14-19)17-30)35-23-8-12-34-13-9-23;25-14-19-11-16(1-2-24(19)29-20-5-9-28-10-6-20)21-4-8-27-23-13-18(12-22(21)23)17-3-7-26-15-17/h4-7,10,14-15,23H,8-9,11-13,16,18H2,1-3H3;1-4,8,11-12,20,26H,5-7,9-10,13,15H2. The van der Waals surface area contributed by atoms with Gasteiger partial charge >= 0.3 is 6.09 Å². The third kappa shape index (κ3) is 10.1. The first-order valence-electron chi connectivity index (χ1n) is 22.6. The molecule has 2 fully saturated rings. The molecule has 2 saturated heterocycles. The maximum absolute atomic E-state index is 12.5. The number of nitrogens with one attached hydrogen (secondary N) is 1. The molecule has 12 heteroatoms. The van der Waals surface area contributed by atoms with Crippen molar-refractivity contribution in [2.24, 2.45) is 0 Å². The molecule has 2 aromatic carbocycles. The Balaban J connectivity index is 0.000000168.